The number of rotatable bonds is 9. The average molecular weight is 476 g/mol. The highest BCUT2D eigenvalue weighted by molar-refractivity contribution is 5.97. The first-order chi connectivity index (χ1) is 16.9. The van der Waals surface area contributed by atoms with Crippen molar-refractivity contribution in [3.05, 3.63) is 89.0 Å². The molecular formula is C26H25N3O6. The van der Waals surface area contributed by atoms with Gasteiger partial charge in [-0.15, -0.1) is 0 Å². The molecule has 0 atom stereocenters. The van der Waals surface area contributed by atoms with Crippen molar-refractivity contribution in [1.29, 1.82) is 0 Å². The van der Waals surface area contributed by atoms with E-state index in [-0.39, 0.29) is 6.54 Å². The molecule has 9 heteroatoms. The molecule has 0 aromatic heterocycles. The molecule has 0 saturated heterocycles. The zero-order valence-electron chi connectivity index (χ0n) is 19.5. The van der Waals surface area contributed by atoms with E-state index in [1.54, 1.807) is 48.5 Å². The average Bonchev–Trinajstić information content (AvgIpc) is 2.88. The van der Waals surface area contributed by atoms with Crippen LogP contribution in [0, 0.1) is 6.92 Å². The smallest absolute Gasteiger partial charge is 0.343 e. The maximum Gasteiger partial charge on any atom is 0.343 e. The highest BCUT2D eigenvalue weighted by Crippen LogP contribution is 2.27. The van der Waals surface area contributed by atoms with Gasteiger partial charge in [0.25, 0.3) is 11.8 Å². The molecule has 0 radical (unpaired) electrons. The second-order valence-corrected chi connectivity index (χ2v) is 7.32. The van der Waals surface area contributed by atoms with Crippen molar-refractivity contribution in [1.82, 2.24) is 10.7 Å². The van der Waals surface area contributed by atoms with Crippen LogP contribution in [0.5, 0.6) is 17.2 Å². The number of amides is 2. The Balaban J connectivity index is 1.47. The number of hydrazone groups is 1. The Morgan fingerprint density at radius 2 is 1.63 bits per heavy atom. The van der Waals surface area contributed by atoms with Crippen LogP contribution >= 0.6 is 0 Å². The van der Waals surface area contributed by atoms with Crippen LogP contribution in [0.15, 0.2) is 71.8 Å². The summed E-state index contributed by atoms with van der Waals surface area (Å²) in [4.78, 5) is 36.5. The third-order valence-corrected chi connectivity index (χ3v) is 4.91. The van der Waals surface area contributed by atoms with Crippen molar-refractivity contribution in [2.45, 2.75) is 6.92 Å². The third kappa shape index (κ3) is 6.91. The van der Waals surface area contributed by atoms with E-state index in [9.17, 15) is 14.4 Å². The van der Waals surface area contributed by atoms with Gasteiger partial charge in [-0.2, -0.15) is 5.10 Å². The molecule has 9 nitrogen and oxygen atoms in total. The monoisotopic (exact) mass is 475 g/mol. The normalized spacial score (nSPS) is 10.5. The van der Waals surface area contributed by atoms with Crippen LogP contribution in [0.25, 0.3) is 0 Å². The van der Waals surface area contributed by atoms with Gasteiger partial charge in [0.2, 0.25) is 0 Å². The van der Waals surface area contributed by atoms with Crippen LogP contribution in [0.2, 0.25) is 0 Å². The Labute approximate surface area is 202 Å². The number of carbonyl (C=O) groups is 3. The van der Waals surface area contributed by atoms with Gasteiger partial charge in [0, 0.05) is 5.56 Å². The summed E-state index contributed by atoms with van der Waals surface area (Å²) in [5.74, 6) is -0.0946. The van der Waals surface area contributed by atoms with E-state index in [0.717, 1.165) is 5.56 Å². The van der Waals surface area contributed by atoms with Gasteiger partial charge in [0.1, 0.15) is 5.75 Å². The molecule has 3 aromatic carbocycles. The molecule has 2 amide bonds. The summed E-state index contributed by atoms with van der Waals surface area (Å²) in [6.45, 7) is 1.57. The van der Waals surface area contributed by atoms with Crippen molar-refractivity contribution in [3.63, 3.8) is 0 Å². The second kappa shape index (κ2) is 12.0. The fraction of sp³-hybridized carbons (Fsp3) is 0.154. The summed E-state index contributed by atoms with van der Waals surface area (Å²) in [6.07, 6.45) is 1.43. The van der Waals surface area contributed by atoms with E-state index in [1.807, 2.05) is 19.1 Å². The Morgan fingerprint density at radius 3 is 2.31 bits per heavy atom. The van der Waals surface area contributed by atoms with Gasteiger partial charge < -0.3 is 19.5 Å². The van der Waals surface area contributed by atoms with E-state index in [1.165, 1.54) is 26.5 Å². The van der Waals surface area contributed by atoms with Crippen LogP contribution in [0.4, 0.5) is 0 Å². The minimum absolute atomic E-state index is 0.266. The molecule has 0 heterocycles. The predicted molar refractivity (Wildman–Crippen MR) is 130 cm³/mol. The molecular weight excluding hydrogens is 450 g/mol. The lowest BCUT2D eigenvalue weighted by molar-refractivity contribution is -0.120. The number of aryl methyl sites for hydroxylation is 1. The van der Waals surface area contributed by atoms with Gasteiger partial charge >= 0.3 is 5.97 Å². The highest BCUT2D eigenvalue weighted by atomic mass is 16.5. The number of esters is 1. The third-order valence-electron chi connectivity index (χ3n) is 4.91. The van der Waals surface area contributed by atoms with Crippen LogP contribution in [0.1, 0.15) is 31.8 Å². The zero-order chi connectivity index (χ0) is 25.2. The number of benzene rings is 3. The van der Waals surface area contributed by atoms with E-state index in [4.69, 9.17) is 14.2 Å². The Hall–Kier alpha value is -4.66. The second-order valence-electron chi connectivity index (χ2n) is 7.32. The number of hydrogen-bond acceptors (Lipinski definition) is 7. The lowest BCUT2D eigenvalue weighted by Crippen LogP contribution is -2.34. The first kappa shape index (κ1) is 25.0. The quantitative estimate of drug-likeness (QED) is 0.213. The Kier molecular flexibility index (Phi) is 8.55. The van der Waals surface area contributed by atoms with E-state index >= 15 is 0 Å². The van der Waals surface area contributed by atoms with Crippen LogP contribution in [0.3, 0.4) is 0 Å². The fourth-order valence-electron chi connectivity index (χ4n) is 3.04. The van der Waals surface area contributed by atoms with Crippen LogP contribution in [-0.4, -0.2) is 44.8 Å². The molecule has 0 aliphatic carbocycles. The first-order valence-electron chi connectivity index (χ1n) is 10.6. The zero-order valence-corrected chi connectivity index (χ0v) is 19.5. The molecule has 0 spiro atoms. The Morgan fingerprint density at radius 1 is 0.914 bits per heavy atom. The van der Waals surface area contributed by atoms with Gasteiger partial charge in [-0.1, -0.05) is 18.2 Å². The Bertz CT molecular complexity index is 1240. The first-order valence-corrected chi connectivity index (χ1v) is 10.6. The summed E-state index contributed by atoms with van der Waals surface area (Å²) in [5.41, 5.74) is 4.67. The molecule has 180 valence electrons. The van der Waals surface area contributed by atoms with Crippen molar-refractivity contribution in [3.8, 4) is 17.2 Å². The molecule has 3 aromatic rings. The summed E-state index contributed by atoms with van der Waals surface area (Å²) < 4.78 is 15.7. The largest absolute Gasteiger partial charge is 0.493 e. The van der Waals surface area contributed by atoms with Gasteiger partial charge in [-0.3, -0.25) is 9.59 Å². The number of nitrogens with zero attached hydrogens (tertiary/aromatic N) is 1. The number of methoxy groups -OCH3 is 2. The maximum atomic E-state index is 12.3. The lowest BCUT2D eigenvalue weighted by Gasteiger charge is -2.09. The van der Waals surface area contributed by atoms with Crippen molar-refractivity contribution >= 4 is 24.0 Å². The van der Waals surface area contributed by atoms with Gasteiger partial charge in [-0.25, -0.2) is 10.2 Å². The predicted octanol–water partition coefficient (Wildman–Crippen LogP) is 3.11. The van der Waals surface area contributed by atoms with Crippen molar-refractivity contribution in [2.24, 2.45) is 5.10 Å². The van der Waals surface area contributed by atoms with Crippen LogP contribution < -0.4 is 25.0 Å². The molecule has 35 heavy (non-hydrogen) atoms. The minimum Gasteiger partial charge on any atom is -0.493 e. The van der Waals surface area contributed by atoms with Crippen molar-refractivity contribution in [2.75, 3.05) is 20.8 Å². The van der Waals surface area contributed by atoms with Crippen LogP contribution in [-0.2, 0) is 4.79 Å². The highest BCUT2D eigenvalue weighted by Gasteiger charge is 2.12. The van der Waals surface area contributed by atoms with E-state index in [2.05, 4.69) is 15.8 Å². The fourth-order valence-corrected chi connectivity index (χ4v) is 3.04. The number of hydrogen-bond donors (Lipinski definition) is 2. The number of carbonyl (C=O) groups excluding carboxylic acids is 3. The van der Waals surface area contributed by atoms with Gasteiger partial charge in [-0.05, 0) is 66.6 Å². The molecule has 0 unspecified atom stereocenters. The molecule has 0 aliphatic rings. The van der Waals surface area contributed by atoms with E-state index < -0.39 is 17.8 Å². The summed E-state index contributed by atoms with van der Waals surface area (Å²) in [5, 5.41) is 6.38. The van der Waals surface area contributed by atoms with Gasteiger partial charge in [0.15, 0.2) is 11.5 Å². The van der Waals surface area contributed by atoms with E-state index in [0.29, 0.717) is 33.9 Å². The molecule has 3 rings (SSSR count). The topological polar surface area (TPSA) is 115 Å². The lowest BCUT2D eigenvalue weighted by atomic mass is 10.1. The number of nitrogens with one attached hydrogen (secondary N) is 2. The maximum absolute atomic E-state index is 12.3. The molecule has 0 aliphatic heterocycles. The SMILES string of the molecule is COc1ccc(C(=O)NCC(=O)N/N=C\c2ccc(OC(=O)c3ccccc3C)cc2)cc1OC. The standard InChI is InChI=1S/C26H25N3O6/c1-17-6-4-5-7-21(17)26(32)35-20-11-8-18(9-12-20)15-28-29-24(30)16-27-25(31)19-10-13-22(33-2)23(14-19)34-3/h4-15H,16H2,1-3H3,(H,27,31)(H,29,30)/b28-15-. The summed E-state index contributed by atoms with van der Waals surface area (Å²) >= 11 is 0. The number of ether oxygens (including phenoxy) is 3. The van der Waals surface area contributed by atoms with Gasteiger partial charge in [0.05, 0.1) is 32.5 Å². The molecule has 0 fully saturated rings. The summed E-state index contributed by atoms with van der Waals surface area (Å²) in [6, 6.07) is 18.5. The summed E-state index contributed by atoms with van der Waals surface area (Å²) in [7, 11) is 2.97. The molecule has 2 N–H and O–H groups in total. The minimum atomic E-state index is -0.501. The molecule has 0 bridgehead atoms. The molecule has 0 saturated carbocycles. The van der Waals surface area contributed by atoms with Crippen molar-refractivity contribution < 1.29 is 28.6 Å².